The molecule has 0 radical (unpaired) electrons. The molecule has 0 saturated carbocycles. The fourth-order valence-corrected chi connectivity index (χ4v) is 7.17. The van der Waals surface area contributed by atoms with E-state index in [1.165, 1.54) is 23.8 Å². The standard InChI is InChI=1S/C31H36F3N6O6P/c1-5-45-47(43,46-6-2)18-19-9-11-23(25(15-19)44-4)37-30-35-16-22(31(32,33)34)27(38-30)36-24-12-10-20(28(41)40-13-7-8-14-40)21-17-39(3)29(42)26(21)24/h9-12,15-17,42H,5-8,13-14,18H2,1-4H3,(H2,35,36,37,38). The average molecular weight is 677 g/mol. The van der Waals surface area contributed by atoms with Crippen molar-refractivity contribution in [3.63, 3.8) is 0 Å². The molecule has 252 valence electrons. The molecule has 3 N–H and O–H groups in total. The van der Waals surface area contributed by atoms with Crippen LogP contribution >= 0.6 is 7.60 Å². The molecule has 2 aromatic carbocycles. The third-order valence-corrected chi connectivity index (χ3v) is 9.69. The molecule has 0 aliphatic carbocycles. The number of benzene rings is 2. The molecule has 0 bridgehead atoms. The number of fused-ring (bicyclic) bond motifs is 1. The zero-order chi connectivity index (χ0) is 33.9. The number of nitrogens with one attached hydrogen (secondary N) is 2. The largest absolute Gasteiger partial charge is 0.495 e. The summed E-state index contributed by atoms with van der Waals surface area (Å²) in [5, 5.41) is 17.1. The van der Waals surface area contributed by atoms with Gasteiger partial charge in [0.15, 0.2) is 0 Å². The van der Waals surface area contributed by atoms with E-state index < -0.39 is 25.2 Å². The van der Waals surface area contributed by atoms with E-state index in [1.807, 2.05) is 0 Å². The van der Waals surface area contributed by atoms with Crippen LogP contribution in [-0.2, 0) is 33.0 Å². The maximum Gasteiger partial charge on any atom is 0.421 e. The van der Waals surface area contributed by atoms with Gasteiger partial charge in [-0.1, -0.05) is 6.07 Å². The molecule has 0 spiro atoms. The first-order valence-electron chi connectivity index (χ1n) is 15.0. The molecule has 0 atom stereocenters. The van der Waals surface area contributed by atoms with Crippen LogP contribution < -0.4 is 15.4 Å². The number of aromatic nitrogens is 3. The van der Waals surface area contributed by atoms with Crippen LogP contribution in [0.15, 0.2) is 42.7 Å². The van der Waals surface area contributed by atoms with Crippen LogP contribution in [0, 0.1) is 0 Å². The fourth-order valence-electron chi connectivity index (χ4n) is 5.48. The molecule has 12 nitrogen and oxygen atoms in total. The van der Waals surface area contributed by atoms with Crippen LogP contribution in [0.1, 0.15) is 48.2 Å². The van der Waals surface area contributed by atoms with Crippen molar-refractivity contribution in [1.29, 1.82) is 0 Å². The molecular formula is C31H36F3N6O6P. The summed E-state index contributed by atoms with van der Waals surface area (Å²) in [5.41, 5.74) is 0.220. The number of rotatable bonds is 12. The lowest BCUT2D eigenvalue weighted by atomic mass is 10.1. The Morgan fingerprint density at radius 2 is 1.74 bits per heavy atom. The van der Waals surface area contributed by atoms with E-state index in [9.17, 15) is 27.6 Å². The number of nitrogens with zero attached hydrogens (tertiary/aromatic N) is 4. The number of alkyl halides is 3. The second-order valence-electron chi connectivity index (χ2n) is 10.9. The van der Waals surface area contributed by atoms with Gasteiger partial charge in [-0.15, -0.1) is 0 Å². The average Bonchev–Trinajstić information content (AvgIpc) is 3.66. The first-order valence-corrected chi connectivity index (χ1v) is 16.7. The van der Waals surface area contributed by atoms with Crippen molar-refractivity contribution in [2.75, 3.05) is 44.0 Å². The van der Waals surface area contributed by atoms with E-state index in [0.29, 0.717) is 41.5 Å². The molecule has 4 aromatic rings. The molecule has 3 heterocycles. The summed E-state index contributed by atoms with van der Waals surface area (Å²) in [7, 11) is -0.425. The third-order valence-electron chi connectivity index (χ3n) is 7.64. The van der Waals surface area contributed by atoms with Crippen molar-refractivity contribution in [1.82, 2.24) is 19.4 Å². The van der Waals surface area contributed by atoms with Gasteiger partial charge in [0.05, 0.1) is 43.2 Å². The minimum atomic E-state index is -4.82. The van der Waals surface area contributed by atoms with E-state index in [2.05, 4.69) is 20.6 Å². The van der Waals surface area contributed by atoms with Crippen LogP contribution in [0.25, 0.3) is 10.8 Å². The number of aryl methyl sites for hydroxylation is 1. The van der Waals surface area contributed by atoms with Gasteiger partial charge in [0.2, 0.25) is 11.8 Å². The first kappa shape index (κ1) is 34.0. The Morgan fingerprint density at radius 1 is 1.06 bits per heavy atom. The van der Waals surface area contributed by atoms with Crippen LogP contribution in [0.2, 0.25) is 0 Å². The van der Waals surface area contributed by atoms with Gasteiger partial charge in [0.25, 0.3) is 5.91 Å². The maximum absolute atomic E-state index is 14.2. The van der Waals surface area contributed by atoms with Crippen molar-refractivity contribution in [3.8, 4) is 11.6 Å². The number of amides is 1. The van der Waals surface area contributed by atoms with Crippen LogP contribution in [0.4, 0.5) is 36.3 Å². The number of likely N-dealkylation sites (tertiary alicyclic amines) is 1. The van der Waals surface area contributed by atoms with Gasteiger partial charge in [-0.05, 0) is 56.5 Å². The maximum atomic E-state index is 14.2. The highest BCUT2D eigenvalue weighted by atomic mass is 31.2. The highest BCUT2D eigenvalue weighted by Gasteiger charge is 2.36. The summed E-state index contributed by atoms with van der Waals surface area (Å²) in [4.78, 5) is 23.0. The van der Waals surface area contributed by atoms with Crippen LogP contribution in [0.5, 0.6) is 11.6 Å². The van der Waals surface area contributed by atoms with Crippen LogP contribution in [-0.4, -0.2) is 63.9 Å². The third kappa shape index (κ3) is 7.32. The van der Waals surface area contributed by atoms with Gasteiger partial charge in [-0.25, -0.2) is 4.98 Å². The summed E-state index contributed by atoms with van der Waals surface area (Å²) in [6.07, 6.45) is -0.851. The summed E-state index contributed by atoms with van der Waals surface area (Å²) in [6.45, 7) is 5.05. The van der Waals surface area contributed by atoms with E-state index in [1.54, 1.807) is 50.2 Å². The van der Waals surface area contributed by atoms with Gasteiger partial charge in [0, 0.05) is 43.5 Å². The van der Waals surface area contributed by atoms with Crippen molar-refractivity contribution >= 4 is 47.4 Å². The topological polar surface area (TPSA) is 140 Å². The van der Waals surface area contributed by atoms with Gasteiger partial charge in [0.1, 0.15) is 17.1 Å². The van der Waals surface area contributed by atoms with Crippen molar-refractivity contribution < 1.29 is 41.4 Å². The molecule has 2 aromatic heterocycles. The first-order chi connectivity index (χ1) is 22.4. The molecule has 1 aliphatic heterocycles. The van der Waals surface area contributed by atoms with E-state index in [4.69, 9.17) is 13.8 Å². The summed E-state index contributed by atoms with van der Waals surface area (Å²) >= 11 is 0. The number of hydrogen-bond acceptors (Lipinski definition) is 10. The predicted octanol–water partition coefficient (Wildman–Crippen LogP) is 7.19. The molecule has 1 aliphatic rings. The Balaban J connectivity index is 1.49. The minimum Gasteiger partial charge on any atom is -0.495 e. The normalized spacial score (nSPS) is 13.7. The Kier molecular flexibility index (Phi) is 9.99. The van der Waals surface area contributed by atoms with E-state index in [0.717, 1.165) is 12.8 Å². The van der Waals surface area contributed by atoms with Gasteiger partial charge >= 0.3 is 13.8 Å². The Labute approximate surface area is 269 Å². The predicted molar refractivity (Wildman–Crippen MR) is 171 cm³/mol. The Hall–Kier alpha value is -4.33. The monoisotopic (exact) mass is 676 g/mol. The molecule has 5 rings (SSSR count). The SMILES string of the molecule is CCOP(=O)(Cc1ccc(Nc2ncc(C(F)(F)F)c(Nc3ccc(C(=O)N4CCCC4)c4cn(C)c(O)c34)n2)c(OC)c1)OCC. The number of anilines is 4. The van der Waals surface area contributed by atoms with Gasteiger partial charge in [-0.3, -0.25) is 9.36 Å². The summed E-state index contributed by atoms with van der Waals surface area (Å²) < 4.78 is 73.1. The minimum absolute atomic E-state index is 0.0145. The molecule has 1 saturated heterocycles. The van der Waals surface area contributed by atoms with E-state index >= 15 is 0 Å². The Morgan fingerprint density at radius 3 is 2.38 bits per heavy atom. The number of halogens is 3. The second kappa shape index (κ2) is 13.8. The van der Waals surface area contributed by atoms with Gasteiger partial charge in [-0.2, -0.15) is 18.2 Å². The zero-order valence-corrected chi connectivity index (χ0v) is 27.2. The Bertz CT molecular complexity index is 1820. The van der Waals surface area contributed by atoms with Crippen molar-refractivity contribution in [3.05, 3.63) is 59.4 Å². The molecule has 0 unspecified atom stereocenters. The molecule has 1 fully saturated rings. The number of carbonyl (C=O) groups excluding carboxylic acids is 1. The number of ether oxygens (including phenoxy) is 1. The van der Waals surface area contributed by atoms with Gasteiger partial charge < -0.3 is 39.0 Å². The second-order valence-corrected chi connectivity index (χ2v) is 12.9. The smallest absolute Gasteiger partial charge is 0.421 e. The number of hydrogen-bond donors (Lipinski definition) is 3. The van der Waals surface area contributed by atoms with Crippen molar-refractivity contribution in [2.45, 2.75) is 39.0 Å². The highest BCUT2D eigenvalue weighted by molar-refractivity contribution is 7.53. The lowest BCUT2D eigenvalue weighted by Gasteiger charge is -2.19. The summed E-state index contributed by atoms with van der Waals surface area (Å²) in [5.74, 6) is -0.928. The zero-order valence-electron chi connectivity index (χ0n) is 26.3. The van der Waals surface area contributed by atoms with Crippen molar-refractivity contribution in [2.24, 2.45) is 7.05 Å². The number of carbonyl (C=O) groups is 1. The quantitative estimate of drug-likeness (QED) is 0.132. The lowest BCUT2D eigenvalue weighted by molar-refractivity contribution is -0.137. The fraction of sp³-hybridized carbons (Fsp3) is 0.387. The number of methoxy groups -OCH3 is 1. The number of aromatic hydroxyl groups is 1. The lowest BCUT2D eigenvalue weighted by Crippen LogP contribution is -2.27. The molecule has 16 heteroatoms. The molecule has 47 heavy (non-hydrogen) atoms. The molecular weight excluding hydrogens is 640 g/mol. The van der Waals surface area contributed by atoms with Crippen LogP contribution in [0.3, 0.4) is 0 Å². The molecule has 1 amide bonds. The summed E-state index contributed by atoms with van der Waals surface area (Å²) in [6, 6.07) is 7.83. The highest BCUT2D eigenvalue weighted by Crippen LogP contribution is 2.52. The van der Waals surface area contributed by atoms with E-state index in [-0.39, 0.29) is 53.9 Å².